The van der Waals surface area contributed by atoms with Gasteiger partial charge in [-0.15, -0.1) is 0 Å². The molecule has 3 rings (SSSR count). The van der Waals surface area contributed by atoms with Gasteiger partial charge < -0.3 is 10.1 Å². The Morgan fingerprint density at radius 1 is 1.00 bits per heavy atom. The number of carbonyl (C=O) groups excluding carboxylic acids is 2. The molecule has 0 atom stereocenters. The third-order valence-electron chi connectivity index (χ3n) is 4.38. The molecule has 27 heavy (non-hydrogen) atoms. The van der Waals surface area contributed by atoms with Crippen LogP contribution in [0, 0.1) is 6.92 Å². The van der Waals surface area contributed by atoms with E-state index in [9.17, 15) is 9.59 Å². The van der Waals surface area contributed by atoms with Crippen LogP contribution in [-0.2, 0) is 16.6 Å². The Bertz CT molecular complexity index is 910. The molecular weight excluding hydrogens is 342 g/mol. The molecule has 3 aromatic rings. The van der Waals surface area contributed by atoms with E-state index in [1.807, 2.05) is 60.7 Å². The summed E-state index contributed by atoms with van der Waals surface area (Å²) in [7, 11) is 2.94. The average molecular weight is 363 g/mol. The van der Waals surface area contributed by atoms with E-state index in [0.717, 1.165) is 11.1 Å². The fraction of sp³-hybridized carbons (Fsp3) is 0.190. The van der Waals surface area contributed by atoms with Gasteiger partial charge in [-0.2, -0.15) is 5.10 Å². The van der Waals surface area contributed by atoms with Crippen molar-refractivity contribution in [2.75, 3.05) is 12.4 Å². The number of aryl methyl sites for hydroxylation is 2. The zero-order chi connectivity index (χ0) is 19.4. The lowest BCUT2D eigenvalue weighted by molar-refractivity contribution is -0.116. The number of nitrogens with zero attached hydrogens (tertiary/aromatic N) is 2. The van der Waals surface area contributed by atoms with Gasteiger partial charge in [-0.3, -0.25) is 9.48 Å². The fourth-order valence-electron chi connectivity index (χ4n) is 3.12. The van der Waals surface area contributed by atoms with Crippen molar-refractivity contribution >= 4 is 17.6 Å². The molecule has 138 valence electrons. The van der Waals surface area contributed by atoms with Crippen LogP contribution < -0.4 is 5.32 Å². The number of methoxy groups -OCH3 is 1. The van der Waals surface area contributed by atoms with Crippen molar-refractivity contribution in [2.24, 2.45) is 7.05 Å². The van der Waals surface area contributed by atoms with Crippen molar-refractivity contribution in [1.82, 2.24) is 9.78 Å². The van der Waals surface area contributed by atoms with E-state index in [4.69, 9.17) is 4.74 Å². The minimum absolute atomic E-state index is 0.211. The maximum Gasteiger partial charge on any atom is 0.358 e. The summed E-state index contributed by atoms with van der Waals surface area (Å²) in [5, 5.41) is 7.13. The molecule has 1 N–H and O–H groups in total. The maximum absolute atomic E-state index is 13.2. The van der Waals surface area contributed by atoms with Gasteiger partial charge in [0.25, 0.3) is 0 Å². The van der Waals surface area contributed by atoms with Crippen molar-refractivity contribution in [3.63, 3.8) is 0 Å². The van der Waals surface area contributed by atoms with Gasteiger partial charge in [0, 0.05) is 7.05 Å². The quantitative estimate of drug-likeness (QED) is 0.706. The largest absolute Gasteiger partial charge is 0.464 e. The zero-order valence-corrected chi connectivity index (χ0v) is 15.5. The average Bonchev–Trinajstić information content (AvgIpc) is 2.96. The van der Waals surface area contributed by atoms with Gasteiger partial charge in [0.15, 0.2) is 5.69 Å². The normalized spacial score (nSPS) is 10.7. The SMILES string of the molecule is COC(=O)c1c(NC(=O)C(c2ccccc2)c2ccccc2)c(C)nn1C. The number of hydrogen-bond acceptors (Lipinski definition) is 4. The molecule has 0 saturated heterocycles. The number of nitrogens with one attached hydrogen (secondary N) is 1. The smallest absolute Gasteiger partial charge is 0.358 e. The van der Waals surface area contributed by atoms with Gasteiger partial charge in [-0.25, -0.2) is 4.79 Å². The van der Waals surface area contributed by atoms with Crippen molar-refractivity contribution in [3.8, 4) is 0 Å². The molecule has 1 heterocycles. The predicted octanol–water partition coefficient (Wildman–Crippen LogP) is 3.29. The van der Waals surface area contributed by atoms with Crippen LogP contribution >= 0.6 is 0 Å². The van der Waals surface area contributed by atoms with E-state index in [1.165, 1.54) is 11.8 Å². The second-order valence-electron chi connectivity index (χ2n) is 6.17. The van der Waals surface area contributed by atoms with Crippen LogP contribution in [-0.4, -0.2) is 28.8 Å². The lowest BCUT2D eigenvalue weighted by Gasteiger charge is -2.18. The van der Waals surface area contributed by atoms with E-state index in [1.54, 1.807) is 14.0 Å². The number of hydrogen-bond donors (Lipinski definition) is 1. The Labute approximate surface area is 157 Å². The highest BCUT2D eigenvalue weighted by molar-refractivity contribution is 6.04. The molecule has 0 aliphatic carbocycles. The molecule has 0 aliphatic heterocycles. The van der Waals surface area contributed by atoms with E-state index in [-0.39, 0.29) is 11.6 Å². The number of aromatic nitrogens is 2. The van der Waals surface area contributed by atoms with Crippen LogP contribution in [0.25, 0.3) is 0 Å². The fourth-order valence-corrected chi connectivity index (χ4v) is 3.12. The molecule has 0 fully saturated rings. The minimum Gasteiger partial charge on any atom is -0.464 e. The highest BCUT2D eigenvalue weighted by atomic mass is 16.5. The first kappa shape index (κ1) is 18.4. The second-order valence-corrected chi connectivity index (χ2v) is 6.17. The summed E-state index contributed by atoms with van der Waals surface area (Å²) in [6, 6.07) is 19.0. The van der Waals surface area contributed by atoms with Gasteiger partial charge in [-0.05, 0) is 18.1 Å². The Morgan fingerprint density at radius 3 is 2.00 bits per heavy atom. The summed E-state index contributed by atoms with van der Waals surface area (Å²) >= 11 is 0. The number of anilines is 1. The van der Waals surface area contributed by atoms with Gasteiger partial charge in [0.05, 0.1) is 24.4 Å². The number of rotatable bonds is 5. The van der Waals surface area contributed by atoms with Crippen LogP contribution in [0.2, 0.25) is 0 Å². The molecule has 0 unspecified atom stereocenters. The zero-order valence-electron chi connectivity index (χ0n) is 15.5. The molecule has 2 aromatic carbocycles. The van der Waals surface area contributed by atoms with Crippen LogP contribution in [0.1, 0.15) is 33.2 Å². The standard InChI is InChI=1S/C21H21N3O3/c1-14-18(19(21(26)27-3)24(2)23-14)22-20(25)17(15-10-6-4-7-11-15)16-12-8-5-9-13-16/h4-13,17H,1-3H3,(H,22,25). The van der Waals surface area contributed by atoms with Crippen LogP contribution in [0.3, 0.4) is 0 Å². The summed E-state index contributed by atoms with van der Waals surface area (Å²) in [6.45, 7) is 1.74. The highest BCUT2D eigenvalue weighted by Gasteiger charge is 2.27. The molecule has 1 amide bonds. The maximum atomic E-state index is 13.2. The predicted molar refractivity (Wildman–Crippen MR) is 103 cm³/mol. The first-order valence-electron chi connectivity index (χ1n) is 8.55. The number of amides is 1. The molecule has 1 aromatic heterocycles. The monoisotopic (exact) mass is 363 g/mol. The Kier molecular flexibility index (Phi) is 5.35. The third-order valence-corrected chi connectivity index (χ3v) is 4.38. The van der Waals surface area contributed by atoms with E-state index in [0.29, 0.717) is 11.4 Å². The van der Waals surface area contributed by atoms with Crippen LogP contribution in [0.4, 0.5) is 5.69 Å². The Morgan fingerprint density at radius 2 is 1.52 bits per heavy atom. The second kappa shape index (κ2) is 7.86. The van der Waals surface area contributed by atoms with Crippen molar-refractivity contribution in [1.29, 1.82) is 0 Å². The van der Waals surface area contributed by atoms with Crippen molar-refractivity contribution < 1.29 is 14.3 Å². The molecule has 0 saturated carbocycles. The Balaban J connectivity index is 2.01. The third kappa shape index (κ3) is 3.74. The van der Waals surface area contributed by atoms with Gasteiger partial charge in [0.2, 0.25) is 5.91 Å². The molecule has 6 nitrogen and oxygen atoms in total. The van der Waals surface area contributed by atoms with Crippen LogP contribution in [0.15, 0.2) is 60.7 Å². The van der Waals surface area contributed by atoms with Gasteiger partial charge in [-0.1, -0.05) is 60.7 Å². The lowest BCUT2D eigenvalue weighted by atomic mass is 9.90. The highest BCUT2D eigenvalue weighted by Crippen LogP contribution is 2.28. The topological polar surface area (TPSA) is 73.2 Å². The summed E-state index contributed by atoms with van der Waals surface area (Å²) in [5.74, 6) is -1.31. The van der Waals surface area contributed by atoms with E-state index < -0.39 is 11.9 Å². The molecule has 0 bridgehead atoms. The van der Waals surface area contributed by atoms with Gasteiger partial charge >= 0.3 is 5.97 Å². The molecule has 0 spiro atoms. The summed E-state index contributed by atoms with van der Waals surface area (Å²) in [4.78, 5) is 25.4. The summed E-state index contributed by atoms with van der Waals surface area (Å²) in [5.41, 5.74) is 2.85. The first-order valence-corrected chi connectivity index (χ1v) is 8.55. The number of benzene rings is 2. The molecule has 0 radical (unpaired) electrons. The number of esters is 1. The molecule has 6 heteroatoms. The molecule has 0 aliphatic rings. The number of carbonyl (C=O) groups is 2. The van der Waals surface area contributed by atoms with Gasteiger partial charge in [0.1, 0.15) is 0 Å². The van der Waals surface area contributed by atoms with E-state index in [2.05, 4.69) is 10.4 Å². The van der Waals surface area contributed by atoms with Crippen LogP contribution in [0.5, 0.6) is 0 Å². The van der Waals surface area contributed by atoms with E-state index >= 15 is 0 Å². The minimum atomic E-state index is -0.552. The lowest BCUT2D eigenvalue weighted by Crippen LogP contribution is -2.24. The molecular formula is C21H21N3O3. The first-order chi connectivity index (χ1) is 13.0. The number of ether oxygens (including phenoxy) is 1. The summed E-state index contributed by atoms with van der Waals surface area (Å²) in [6.07, 6.45) is 0. The van der Waals surface area contributed by atoms with Crippen molar-refractivity contribution in [3.05, 3.63) is 83.2 Å². The van der Waals surface area contributed by atoms with Crippen molar-refractivity contribution in [2.45, 2.75) is 12.8 Å². The summed E-state index contributed by atoms with van der Waals surface area (Å²) < 4.78 is 6.24. The Hall–Kier alpha value is -3.41.